The van der Waals surface area contributed by atoms with Crippen molar-refractivity contribution >= 4 is 0 Å². The molecule has 1 fully saturated rings. The number of likely N-dealkylation sites (tertiary alicyclic amines) is 1. The fourth-order valence-corrected chi connectivity index (χ4v) is 2.51. The maximum atomic E-state index is 3.51. The normalized spacial score (nSPS) is 23.6. The number of piperidine rings is 1. The van der Waals surface area contributed by atoms with Gasteiger partial charge in [-0.15, -0.1) is 0 Å². The molecule has 0 spiro atoms. The second kappa shape index (κ2) is 7.24. The molecule has 90 valence electrons. The SMILES string of the molecule is CCCC1CCCCN1CCNC(C)C. The van der Waals surface area contributed by atoms with Crippen LogP contribution in [-0.4, -0.2) is 36.6 Å². The standard InChI is InChI=1S/C13H28N2/c1-4-7-13-8-5-6-10-15(13)11-9-14-12(2)3/h12-14H,4-11H2,1-3H3. The first-order valence-electron chi connectivity index (χ1n) is 6.71. The average Bonchev–Trinajstić information content (AvgIpc) is 2.20. The molecule has 1 N–H and O–H groups in total. The minimum Gasteiger partial charge on any atom is -0.313 e. The zero-order valence-electron chi connectivity index (χ0n) is 10.8. The van der Waals surface area contributed by atoms with Gasteiger partial charge in [-0.3, -0.25) is 4.90 Å². The Bertz CT molecular complexity index is 155. The molecular formula is C13H28N2. The Balaban J connectivity index is 2.23. The quantitative estimate of drug-likeness (QED) is 0.728. The minimum absolute atomic E-state index is 0.624. The second-order valence-electron chi connectivity index (χ2n) is 5.08. The van der Waals surface area contributed by atoms with E-state index >= 15 is 0 Å². The molecule has 0 amide bonds. The molecule has 0 aromatic rings. The van der Waals surface area contributed by atoms with Gasteiger partial charge in [-0.1, -0.05) is 33.6 Å². The van der Waals surface area contributed by atoms with Crippen LogP contribution in [-0.2, 0) is 0 Å². The predicted molar refractivity (Wildman–Crippen MR) is 67.3 cm³/mol. The van der Waals surface area contributed by atoms with Crippen LogP contribution in [0.3, 0.4) is 0 Å². The Morgan fingerprint density at radius 3 is 2.80 bits per heavy atom. The van der Waals surface area contributed by atoms with Gasteiger partial charge >= 0.3 is 0 Å². The zero-order valence-corrected chi connectivity index (χ0v) is 10.8. The summed E-state index contributed by atoms with van der Waals surface area (Å²) in [5, 5.41) is 3.51. The summed E-state index contributed by atoms with van der Waals surface area (Å²) in [6.45, 7) is 10.5. The molecule has 0 aliphatic carbocycles. The molecule has 0 aromatic heterocycles. The Morgan fingerprint density at radius 2 is 2.13 bits per heavy atom. The largest absolute Gasteiger partial charge is 0.313 e. The second-order valence-corrected chi connectivity index (χ2v) is 5.08. The van der Waals surface area contributed by atoms with E-state index in [0.29, 0.717) is 6.04 Å². The van der Waals surface area contributed by atoms with Gasteiger partial charge in [0.15, 0.2) is 0 Å². The smallest absolute Gasteiger partial charge is 0.0110 e. The lowest BCUT2D eigenvalue weighted by molar-refractivity contribution is 0.139. The first-order valence-corrected chi connectivity index (χ1v) is 6.71. The van der Waals surface area contributed by atoms with Gasteiger partial charge in [-0.05, 0) is 25.8 Å². The van der Waals surface area contributed by atoms with Crippen LogP contribution < -0.4 is 5.32 Å². The van der Waals surface area contributed by atoms with Gasteiger partial charge in [-0.2, -0.15) is 0 Å². The molecule has 2 heteroatoms. The number of hydrogen-bond acceptors (Lipinski definition) is 2. The van der Waals surface area contributed by atoms with Gasteiger partial charge in [0.25, 0.3) is 0 Å². The summed E-state index contributed by atoms with van der Waals surface area (Å²) in [4.78, 5) is 2.70. The van der Waals surface area contributed by atoms with Gasteiger partial charge in [-0.25, -0.2) is 0 Å². The average molecular weight is 212 g/mol. The van der Waals surface area contributed by atoms with Crippen LogP contribution in [0.1, 0.15) is 52.9 Å². The van der Waals surface area contributed by atoms with E-state index in [1.165, 1.54) is 45.2 Å². The van der Waals surface area contributed by atoms with Crippen molar-refractivity contribution in [2.24, 2.45) is 0 Å². The van der Waals surface area contributed by atoms with E-state index in [-0.39, 0.29) is 0 Å². The molecule has 0 aromatic carbocycles. The lowest BCUT2D eigenvalue weighted by atomic mass is 9.98. The number of nitrogens with zero attached hydrogens (tertiary/aromatic N) is 1. The van der Waals surface area contributed by atoms with E-state index < -0.39 is 0 Å². The molecular weight excluding hydrogens is 184 g/mol. The van der Waals surface area contributed by atoms with E-state index in [1.54, 1.807) is 0 Å². The van der Waals surface area contributed by atoms with Crippen molar-refractivity contribution < 1.29 is 0 Å². The van der Waals surface area contributed by atoms with Crippen molar-refractivity contribution in [3.8, 4) is 0 Å². The lowest BCUT2D eigenvalue weighted by Crippen LogP contribution is -2.43. The van der Waals surface area contributed by atoms with Crippen LogP contribution >= 0.6 is 0 Å². The van der Waals surface area contributed by atoms with E-state index in [1.807, 2.05) is 0 Å². The van der Waals surface area contributed by atoms with E-state index in [9.17, 15) is 0 Å². The Labute approximate surface area is 95.4 Å². The fraction of sp³-hybridized carbons (Fsp3) is 1.00. The zero-order chi connectivity index (χ0) is 11.1. The molecule has 1 aliphatic heterocycles. The fourth-order valence-electron chi connectivity index (χ4n) is 2.51. The highest BCUT2D eigenvalue weighted by atomic mass is 15.2. The van der Waals surface area contributed by atoms with Gasteiger partial charge in [0.05, 0.1) is 0 Å². The maximum absolute atomic E-state index is 3.51. The molecule has 1 heterocycles. The van der Waals surface area contributed by atoms with Crippen LogP contribution in [0.2, 0.25) is 0 Å². The molecule has 2 nitrogen and oxygen atoms in total. The Hall–Kier alpha value is -0.0800. The van der Waals surface area contributed by atoms with Crippen molar-refractivity contribution in [1.29, 1.82) is 0 Å². The van der Waals surface area contributed by atoms with E-state index in [2.05, 4.69) is 31.0 Å². The summed E-state index contributed by atoms with van der Waals surface area (Å²) >= 11 is 0. The summed E-state index contributed by atoms with van der Waals surface area (Å²) < 4.78 is 0. The van der Waals surface area contributed by atoms with Gasteiger partial charge in [0.1, 0.15) is 0 Å². The van der Waals surface area contributed by atoms with Crippen LogP contribution in [0.25, 0.3) is 0 Å². The first-order chi connectivity index (χ1) is 7.24. The minimum atomic E-state index is 0.624. The summed E-state index contributed by atoms with van der Waals surface area (Å²) in [7, 11) is 0. The van der Waals surface area contributed by atoms with Crippen molar-refractivity contribution in [2.45, 2.75) is 65.0 Å². The third-order valence-electron chi connectivity index (χ3n) is 3.32. The van der Waals surface area contributed by atoms with E-state index in [4.69, 9.17) is 0 Å². The van der Waals surface area contributed by atoms with Crippen LogP contribution in [0.4, 0.5) is 0 Å². The van der Waals surface area contributed by atoms with Crippen molar-refractivity contribution in [3.05, 3.63) is 0 Å². The van der Waals surface area contributed by atoms with Gasteiger partial charge < -0.3 is 5.32 Å². The summed E-state index contributed by atoms with van der Waals surface area (Å²) in [5.74, 6) is 0. The lowest BCUT2D eigenvalue weighted by Gasteiger charge is -2.36. The third kappa shape index (κ3) is 4.98. The highest BCUT2D eigenvalue weighted by molar-refractivity contribution is 4.77. The molecule has 1 aliphatic rings. The Kier molecular flexibility index (Phi) is 6.26. The van der Waals surface area contributed by atoms with Crippen molar-refractivity contribution in [2.75, 3.05) is 19.6 Å². The molecule has 15 heavy (non-hydrogen) atoms. The summed E-state index contributed by atoms with van der Waals surface area (Å²) in [5.41, 5.74) is 0. The topological polar surface area (TPSA) is 15.3 Å². The monoisotopic (exact) mass is 212 g/mol. The van der Waals surface area contributed by atoms with Crippen LogP contribution in [0, 0.1) is 0 Å². The first kappa shape index (κ1) is 13.0. The highest BCUT2D eigenvalue weighted by Crippen LogP contribution is 2.19. The third-order valence-corrected chi connectivity index (χ3v) is 3.32. The molecule has 0 bridgehead atoms. The number of hydrogen-bond donors (Lipinski definition) is 1. The number of nitrogens with one attached hydrogen (secondary N) is 1. The molecule has 0 radical (unpaired) electrons. The summed E-state index contributed by atoms with van der Waals surface area (Å²) in [6.07, 6.45) is 7.00. The molecule has 1 rings (SSSR count). The molecule has 1 saturated heterocycles. The van der Waals surface area contributed by atoms with Crippen molar-refractivity contribution in [1.82, 2.24) is 10.2 Å². The maximum Gasteiger partial charge on any atom is 0.0110 e. The van der Waals surface area contributed by atoms with Crippen molar-refractivity contribution in [3.63, 3.8) is 0 Å². The summed E-state index contributed by atoms with van der Waals surface area (Å²) in [6, 6.07) is 1.50. The Morgan fingerprint density at radius 1 is 1.33 bits per heavy atom. The van der Waals surface area contributed by atoms with Gasteiger partial charge in [0.2, 0.25) is 0 Å². The highest BCUT2D eigenvalue weighted by Gasteiger charge is 2.20. The van der Waals surface area contributed by atoms with Crippen LogP contribution in [0.15, 0.2) is 0 Å². The number of rotatable bonds is 6. The molecule has 1 atom stereocenters. The van der Waals surface area contributed by atoms with Gasteiger partial charge in [0, 0.05) is 25.2 Å². The van der Waals surface area contributed by atoms with Crippen LogP contribution in [0.5, 0.6) is 0 Å². The predicted octanol–water partition coefficient (Wildman–Crippen LogP) is 2.64. The van der Waals surface area contributed by atoms with E-state index in [0.717, 1.165) is 12.6 Å². The molecule has 0 saturated carbocycles. The molecule has 1 unspecified atom stereocenters.